The minimum Gasteiger partial charge on any atom is -0.134 e. The number of benzene rings is 1. The van der Waals surface area contributed by atoms with Crippen molar-refractivity contribution < 1.29 is 0 Å². The van der Waals surface area contributed by atoms with E-state index in [2.05, 4.69) is 112 Å². The Morgan fingerprint density at radius 2 is 0.583 bits per heavy atom. The molecule has 48 heavy (non-hydrogen) atoms. The summed E-state index contributed by atoms with van der Waals surface area (Å²) >= 11 is 17.4. The van der Waals surface area contributed by atoms with Crippen molar-refractivity contribution in [3.63, 3.8) is 0 Å². The molecule has 0 saturated heterocycles. The Bertz CT molecular complexity index is 1830. The quantitative estimate of drug-likeness (QED) is 0.0949. The third-order valence-corrected chi connectivity index (χ3v) is 19.0. The molecule has 0 aliphatic heterocycles. The van der Waals surface area contributed by atoms with E-state index >= 15 is 0 Å². The molecule has 0 aliphatic carbocycles. The highest BCUT2D eigenvalue weighted by molar-refractivity contribution is 8.01. The van der Waals surface area contributed by atoms with Crippen molar-refractivity contribution in [2.75, 3.05) is 17.3 Å². The zero-order valence-electron chi connectivity index (χ0n) is 27.1. The Balaban J connectivity index is 1.23. The van der Waals surface area contributed by atoms with Crippen molar-refractivity contribution >= 4 is 103 Å². The molecule has 7 rings (SSSR count). The number of hydrogen-bond acceptors (Lipinski definition) is 9. The fourth-order valence-electron chi connectivity index (χ4n) is 5.13. The monoisotopic (exact) mass is 792 g/mol. The first kappa shape index (κ1) is 34.9. The Hall–Kier alpha value is -1.53. The smallest absolute Gasteiger partial charge is 0.0605 e. The van der Waals surface area contributed by atoms with Crippen molar-refractivity contribution in [3.05, 3.63) is 91.0 Å². The van der Waals surface area contributed by atoms with E-state index in [9.17, 15) is 0 Å². The fraction of sp³-hybridized carbons (Fsp3) is 0.231. The summed E-state index contributed by atoms with van der Waals surface area (Å²) in [5.41, 5.74) is 3.89. The summed E-state index contributed by atoms with van der Waals surface area (Å²) in [4.78, 5) is 12.1. The van der Waals surface area contributed by atoms with Gasteiger partial charge in [0.2, 0.25) is 0 Å². The first-order valence-corrected chi connectivity index (χ1v) is 24.1. The van der Waals surface area contributed by atoms with Gasteiger partial charge in [-0.25, -0.2) is 0 Å². The molecule has 6 heterocycles. The maximum absolute atomic E-state index is 2.41. The van der Waals surface area contributed by atoms with Gasteiger partial charge in [-0.2, -0.15) is 0 Å². The van der Waals surface area contributed by atoms with Crippen molar-refractivity contribution in [1.82, 2.24) is 0 Å². The lowest BCUT2D eigenvalue weighted by Crippen LogP contribution is -1.81. The predicted molar refractivity (Wildman–Crippen MR) is 229 cm³/mol. The molecule has 7 aromatic rings. The highest BCUT2D eigenvalue weighted by Gasteiger charge is 2.15. The lowest BCUT2D eigenvalue weighted by atomic mass is 10.0. The minimum atomic E-state index is 1.18. The molecule has 0 N–H and O–H groups in total. The second-order valence-electron chi connectivity index (χ2n) is 11.2. The Morgan fingerprint density at radius 3 is 0.875 bits per heavy atom. The standard InChI is InChI=1S/C39H36S9/c1-4-19-40-37-16-13-34(46-37)31-10-7-28(43-31)25-22-26(29-8-11-32(44-29)35-14-17-38(47-35)41-20-5-2)24-27(23-25)30-9-12-33(45-30)36-15-18-39(48-36)42-21-6-3/h7-18,22-24H,4-6,19-21H2,1-3H3. The van der Waals surface area contributed by atoms with Gasteiger partial charge in [-0.15, -0.1) is 103 Å². The molecule has 0 aliphatic rings. The van der Waals surface area contributed by atoms with Crippen LogP contribution in [0.15, 0.2) is 104 Å². The van der Waals surface area contributed by atoms with E-state index in [1.54, 1.807) is 0 Å². The minimum absolute atomic E-state index is 1.18. The molecule has 0 spiro atoms. The Kier molecular flexibility index (Phi) is 12.1. The number of thioether (sulfide) groups is 3. The Labute approximate surface area is 321 Å². The molecule has 0 bridgehead atoms. The molecule has 0 fully saturated rings. The zero-order chi connectivity index (χ0) is 32.9. The van der Waals surface area contributed by atoms with Crippen LogP contribution in [-0.2, 0) is 0 Å². The van der Waals surface area contributed by atoms with Crippen molar-refractivity contribution in [2.45, 2.75) is 52.7 Å². The first-order valence-electron chi connectivity index (χ1n) is 16.2. The molecule has 0 amide bonds. The van der Waals surface area contributed by atoms with Crippen molar-refractivity contribution in [2.24, 2.45) is 0 Å². The van der Waals surface area contributed by atoms with Crippen LogP contribution in [0.1, 0.15) is 40.0 Å². The topological polar surface area (TPSA) is 0 Å². The summed E-state index contributed by atoms with van der Waals surface area (Å²) in [6.45, 7) is 6.75. The SMILES string of the molecule is CCCSc1ccc(-c2ccc(-c3cc(-c4ccc(-c5ccc(SCCC)s5)s4)cc(-c4ccc(-c5ccc(SCCC)s5)s4)c3)s2)s1. The maximum atomic E-state index is 2.41. The van der Waals surface area contributed by atoms with Crippen LogP contribution in [0, 0.1) is 0 Å². The molecule has 9 heteroatoms. The van der Waals surface area contributed by atoms with E-state index in [-0.39, 0.29) is 0 Å². The van der Waals surface area contributed by atoms with Gasteiger partial charge < -0.3 is 0 Å². The highest BCUT2D eigenvalue weighted by Crippen LogP contribution is 2.46. The van der Waals surface area contributed by atoms with Gasteiger partial charge in [-0.05, 0) is 144 Å². The van der Waals surface area contributed by atoms with Gasteiger partial charge in [0.15, 0.2) is 0 Å². The third kappa shape index (κ3) is 8.32. The summed E-state index contributed by atoms with van der Waals surface area (Å²) < 4.78 is 4.24. The van der Waals surface area contributed by atoms with Gasteiger partial charge in [0.05, 0.1) is 12.6 Å². The Morgan fingerprint density at radius 1 is 0.333 bits per heavy atom. The van der Waals surface area contributed by atoms with Crippen LogP contribution in [-0.4, -0.2) is 17.3 Å². The summed E-state index contributed by atoms with van der Waals surface area (Å²) in [5, 5.41) is 0. The molecular formula is C39H36S9. The predicted octanol–water partition coefficient (Wildman–Crippen LogP) is 16.6. The molecule has 0 nitrogen and oxygen atoms in total. The largest absolute Gasteiger partial charge is 0.134 e. The van der Waals surface area contributed by atoms with E-state index in [4.69, 9.17) is 0 Å². The van der Waals surface area contributed by atoms with Crippen LogP contribution >= 0.6 is 103 Å². The molecule has 6 aromatic heterocycles. The van der Waals surface area contributed by atoms with Crippen LogP contribution in [0.3, 0.4) is 0 Å². The number of rotatable bonds is 15. The van der Waals surface area contributed by atoms with Gasteiger partial charge in [-0.1, -0.05) is 20.8 Å². The lowest BCUT2D eigenvalue weighted by molar-refractivity contribution is 1.11. The van der Waals surface area contributed by atoms with Crippen LogP contribution in [0.4, 0.5) is 0 Å². The zero-order valence-corrected chi connectivity index (χ0v) is 34.4. The second kappa shape index (κ2) is 16.7. The van der Waals surface area contributed by atoms with E-state index in [1.807, 2.05) is 103 Å². The average molecular weight is 793 g/mol. The molecule has 246 valence electrons. The summed E-state index contributed by atoms with van der Waals surface area (Å²) in [5.74, 6) is 3.53. The lowest BCUT2D eigenvalue weighted by Gasteiger charge is -2.07. The van der Waals surface area contributed by atoms with Gasteiger partial charge in [0, 0.05) is 43.9 Å². The van der Waals surface area contributed by atoms with E-state index in [1.165, 1.54) is 110 Å². The van der Waals surface area contributed by atoms with Crippen LogP contribution < -0.4 is 0 Å². The van der Waals surface area contributed by atoms with Crippen molar-refractivity contribution in [1.29, 1.82) is 0 Å². The van der Waals surface area contributed by atoms with Gasteiger partial charge in [0.1, 0.15) is 0 Å². The highest BCUT2D eigenvalue weighted by atomic mass is 32.2. The molecule has 0 saturated carbocycles. The number of hydrogen-bond donors (Lipinski definition) is 0. The summed E-state index contributed by atoms with van der Waals surface area (Å²) in [6.07, 6.45) is 3.61. The third-order valence-electron chi connectivity index (χ3n) is 7.42. The molecule has 0 atom stereocenters. The first-order chi connectivity index (χ1) is 23.6. The van der Waals surface area contributed by atoms with Crippen molar-refractivity contribution in [3.8, 4) is 60.6 Å². The summed E-state index contributed by atoms with van der Waals surface area (Å²) in [7, 11) is 0. The molecule has 0 unspecified atom stereocenters. The van der Waals surface area contributed by atoms with E-state index < -0.39 is 0 Å². The van der Waals surface area contributed by atoms with Crippen LogP contribution in [0.2, 0.25) is 0 Å². The van der Waals surface area contributed by atoms with Crippen LogP contribution in [0.25, 0.3) is 60.6 Å². The summed E-state index contributed by atoms with van der Waals surface area (Å²) in [6, 6.07) is 34.9. The molecular weight excluding hydrogens is 757 g/mol. The molecule has 1 aromatic carbocycles. The van der Waals surface area contributed by atoms with Gasteiger partial charge >= 0.3 is 0 Å². The maximum Gasteiger partial charge on any atom is 0.0605 e. The van der Waals surface area contributed by atoms with E-state index in [0.29, 0.717) is 0 Å². The fourth-order valence-corrected chi connectivity index (χ4v) is 14.6. The number of thiophene rings is 6. The normalized spacial score (nSPS) is 11.6. The average Bonchev–Trinajstić information content (AvgIpc) is 3.95. The van der Waals surface area contributed by atoms with Gasteiger partial charge in [0.25, 0.3) is 0 Å². The molecule has 0 radical (unpaired) electrons. The van der Waals surface area contributed by atoms with Gasteiger partial charge in [-0.3, -0.25) is 0 Å². The second-order valence-corrected chi connectivity index (χ2v) is 21.9. The van der Waals surface area contributed by atoms with Crippen LogP contribution in [0.5, 0.6) is 0 Å². The van der Waals surface area contributed by atoms with E-state index in [0.717, 1.165) is 0 Å².